The highest BCUT2D eigenvalue weighted by atomic mass is 32.2. The molecular weight excluding hydrogens is 272 g/mol. The van der Waals surface area contributed by atoms with Gasteiger partial charge in [0.15, 0.2) is 0 Å². The van der Waals surface area contributed by atoms with E-state index in [1.807, 2.05) is 31.2 Å². The second-order valence-corrected chi connectivity index (χ2v) is 7.80. The Kier molecular flexibility index (Phi) is 4.83. The van der Waals surface area contributed by atoms with Gasteiger partial charge in [0.05, 0.1) is 5.75 Å². The fraction of sp³-hybridized carbons (Fsp3) is 0.600. The Balaban J connectivity index is 1.99. The highest BCUT2D eigenvalue weighted by molar-refractivity contribution is 7.88. The largest absolute Gasteiger partial charge is 0.306 e. The second-order valence-electron chi connectivity index (χ2n) is 5.84. The zero-order valence-electron chi connectivity index (χ0n) is 12.5. The Morgan fingerprint density at radius 1 is 1.15 bits per heavy atom. The Morgan fingerprint density at radius 2 is 1.70 bits per heavy atom. The van der Waals surface area contributed by atoms with Crippen LogP contribution in [0.3, 0.4) is 0 Å². The fourth-order valence-corrected chi connectivity index (χ4v) is 4.19. The van der Waals surface area contributed by atoms with E-state index in [2.05, 4.69) is 19.0 Å². The van der Waals surface area contributed by atoms with Crippen LogP contribution in [0.1, 0.15) is 24.0 Å². The maximum absolute atomic E-state index is 12.4. The first-order valence-electron chi connectivity index (χ1n) is 7.08. The van der Waals surface area contributed by atoms with Gasteiger partial charge in [-0.25, -0.2) is 12.7 Å². The maximum Gasteiger partial charge on any atom is 0.218 e. The number of rotatable bonds is 4. The molecule has 5 heteroatoms. The van der Waals surface area contributed by atoms with Gasteiger partial charge in [0, 0.05) is 19.1 Å². The summed E-state index contributed by atoms with van der Waals surface area (Å²) in [6.07, 6.45) is 1.83. The molecule has 1 heterocycles. The standard InChI is InChI=1S/C15H24N2O2S/c1-13-4-6-14(7-5-13)12-20(18,19)17-10-8-15(9-11-17)16(2)3/h4-7,15H,8-12H2,1-3H3. The molecule has 0 unspecified atom stereocenters. The molecule has 1 saturated heterocycles. The summed E-state index contributed by atoms with van der Waals surface area (Å²) in [6.45, 7) is 3.28. The number of hydrogen-bond acceptors (Lipinski definition) is 3. The molecule has 2 rings (SSSR count). The lowest BCUT2D eigenvalue weighted by atomic mass is 10.1. The van der Waals surface area contributed by atoms with Crippen molar-refractivity contribution in [3.8, 4) is 0 Å². The number of piperidine rings is 1. The summed E-state index contributed by atoms with van der Waals surface area (Å²) < 4.78 is 26.5. The van der Waals surface area contributed by atoms with Gasteiger partial charge in [-0.1, -0.05) is 29.8 Å². The number of hydrogen-bond donors (Lipinski definition) is 0. The molecule has 0 aliphatic carbocycles. The molecule has 1 fully saturated rings. The zero-order valence-corrected chi connectivity index (χ0v) is 13.4. The van der Waals surface area contributed by atoms with E-state index < -0.39 is 10.0 Å². The number of sulfonamides is 1. The van der Waals surface area contributed by atoms with Gasteiger partial charge in [-0.05, 0) is 39.4 Å². The summed E-state index contributed by atoms with van der Waals surface area (Å²) in [5.74, 6) is 0.111. The molecule has 1 aromatic rings. The van der Waals surface area contributed by atoms with Gasteiger partial charge in [0.2, 0.25) is 10.0 Å². The molecule has 1 aliphatic heterocycles. The first-order valence-corrected chi connectivity index (χ1v) is 8.69. The van der Waals surface area contributed by atoms with E-state index in [4.69, 9.17) is 0 Å². The quantitative estimate of drug-likeness (QED) is 0.851. The lowest BCUT2D eigenvalue weighted by Crippen LogP contribution is -2.44. The lowest BCUT2D eigenvalue weighted by Gasteiger charge is -2.34. The van der Waals surface area contributed by atoms with Crippen molar-refractivity contribution in [2.24, 2.45) is 0 Å². The van der Waals surface area contributed by atoms with Crippen LogP contribution in [0.15, 0.2) is 24.3 Å². The number of benzene rings is 1. The van der Waals surface area contributed by atoms with Crippen molar-refractivity contribution < 1.29 is 8.42 Å². The van der Waals surface area contributed by atoms with E-state index in [0.717, 1.165) is 24.0 Å². The topological polar surface area (TPSA) is 40.6 Å². The second kappa shape index (κ2) is 6.24. The van der Waals surface area contributed by atoms with Crippen molar-refractivity contribution in [3.05, 3.63) is 35.4 Å². The van der Waals surface area contributed by atoms with Gasteiger partial charge >= 0.3 is 0 Å². The van der Waals surface area contributed by atoms with Crippen LogP contribution in [-0.4, -0.2) is 50.8 Å². The third-order valence-corrected chi connectivity index (χ3v) is 5.87. The van der Waals surface area contributed by atoms with E-state index in [9.17, 15) is 8.42 Å². The van der Waals surface area contributed by atoms with Gasteiger partial charge in [0.25, 0.3) is 0 Å². The van der Waals surface area contributed by atoms with Crippen molar-refractivity contribution in [1.82, 2.24) is 9.21 Å². The van der Waals surface area contributed by atoms with E-state index in [1.165, 1.54) is 0 Å². The van der Waals surface area contributed by atoms with E-state index in [0.29, 0.717) is 19.1 Å². The molecule has 0 saturated carbocycles. The molecule has 0 radical (unpaired) electrons. The van der Waals surface area contributed by atoms with Gasteiger partial charge in [0.1, 0.15) is 0 Å². The first-order chi connectivity index (χ1) is 9.38. The molecule has 1 aliphatic rings. The molecule has 112 valence electrons. The minimum absolute atomic E-state index is 0.111. The highest BCUT2D eigenvalue weighted by Crippen LogP contribution is 2.19. The molecule has 0 aromatic heterocycles. The van der Waals surface area contributed by atoms with E-state index in [-0.39, 0.29) is 5.75 Å². The molecule has 0 bridgehead atoms. The highest BCUT2D eigenvalue weighted by Gasteiger charge is 2.28. The summed E-state index contributed by atoms with van der Waals surface area (Å²) in [6, 6.07) is 8.23. The van der Waals surface area contributed by atoms with Crippen molar-refractivity contribution in [2.45, 2.75) is 31.6 Å². The predicted octanol–water partition coefficient (Wildman–Crippen LogP) is 1.85. The molecule has 1 aromatic carbocycles. The Labute approximate surface area is 122 Å². The van der Waals surface area contributed by atoms with Crippen molar-refractivity contribution in [1.29, 1.82) is 0 Å². The van der Waals surface area contributed by atoms with Gasteiger partial charge < -0.3 is 4.90 Å². The number of aryl methyl sites for hydroxylation is 1. The van der Waals surface area contributed by atoms with Crippen LogP contribution in [-0.2, 0) is 15.8 Å². The van der Waals surface area contributed by atoms with Crippen LogP contribution in [0.5, 0.6) is 0 Å². The van der Waals surface area contributed by atoms with Crippen LogP contribution < -0.4 is 0 Å². The van der Waals surface area contributed by atoms with Gasteiger partial charge in [-0.3, -0.25) is 0 Å². The molecular formula is C15H24N2O2S. The summed E-state index contributed by atoms with van der Waals surface area (Å²) in [5.41, 5.74) is 2.02. The minimum atomic E-state index is -3.18. The average Bonchev–Trinajstić information content (AvgIpc) is 2.41. The predicted molar refractivity (Wildman–Crippen MR) is 82.1 cm³/mol. The fourth-order valence-electron chi connectivity index (χ4n) is 2.62. The van der Waals surface area contributed by atoms with Crippen LogP contribution >= 0.6 is 0 Å². The molecule has 0 spiro atoms. The van der Waals surface area contributed by atoms with Gasteiger partial charge in [-0.2, -0.15) is 0 Å². The van der Waals surface area contributed by atoms with E-state index in [1.54, 1.807) is 4.31 Å². The summed E-state index contributed by atoms with van der Waals surface area (Å²) in [5, 5.41) is 0. The number of nitrogens with zero attached hydrogens (tertiary/aromatic N) is 2. The smallest absolute Gasteiger partial charge is 0.218 e. The maximum atomic E-state index is 12.4. The minimum Gasteiger partial charge on any atom is -0.306 e. The van der Waals surface area contributed by atoms with Crippen LogP contribution in [0.2, 0.25) is 0 Å². The molecule has 0 amide bonds. The molecule has 20 heavy (non-hydrogen) atoms. The van der Waals surface area contributed by atoms with Crippen LogP contribution in [0.4, 0.5) is 0 Å². The third kappa shape index (κ3) is 3.81. The van der Waals surface area contributed by atoms with Gasteiger partial charge in [-0.15, -0.1) is 0 Å². The van der Waals surface area contributed by atoms with E-state index >= 15 is 0 Å². The van der Waals surface area contributed by atoms with Crippen molar-refractivity contribution >= 4 is 10.0 Å². The first kappa shape index (κ1) is 15.5. The van der Waals surface area contributed by atoms with Crippen LogP contribution in [0.25, 0.3) is 0 Å². The Morgan fingerprint density at radius 3 is 2.20 bits per heavy atom. The molecule has 4 nitrogen and oxygen atoms in total. The molecule has 0 atom stereocenters. The van der Waals surface area contributed by atoms with Crippen molar-refractivity contribution in [2.75, 3.05) is 27.2 Å². The van der Waals surface area contributed by atoms with Crippen LogP contribution in [0, 0.1) is 6.92 Å². The summed E-state index contributed by atoms with van der Waals surface area (Å²) in [4.78, 5) is 2.18. The Hall–Kier alpha value is -0.910. The lowest BCUT2D eigenvalue weighted by molar-refractivity contribution is 0.196. The van der Waals surface area contributed by atoms with Crippen molar-refractivity contribution in [3.63, 3.8) is 0 Å². The SMILES string of the molecule is Cc1ccc(CS(=O)(=O)N2CCC(N(C)C)CC2)cc1. The Bertz CT molecular complexity index is 529. The molecule has 0 N–H and O–H groups in total. The monoisotopic (exact) mass is 296 g/mol. The summed E-state index contributed by atoms with van der Waals surface area (Å²) >= 11 is 0. The zero-order chi connectivity index (χ0) is 14.8. The normalized spacial score (nSPS) is 18.6. The third-order valence-electron chi connectivity index (χ3n) is 4.02. The summed E-state index contributed by atoms with van der Waals surface area (Å²) in [7, 11) is 0.930. The average molecular weight is 296 g/mol.